The van der Waals surface area contributed by atoms with Gasteiger partial charge in [-0.05, 0) is 38.5 Å². The van der Waals surface area contributed by atoms with Gasteiger partial charge in [-0.25, -0.2) is 0 Å². The van der Waals surface area contributed by atoms with E-state index in [1.807, 2.05) is 0 Å². The molecule has 0 radical (unpaired) electrons. The Morgan fingerprint density at radius 1 is 0.600 bits per heavy atom. The summed E-state index contributed by atoms with van der Waals surface area (Å²) in [5.74, 6) is 0.900. The first-order valence-corrected chi connectivity index (χ1v) is 8.35. The lowest BCUT2D eigenvalue weighted by Crippen LogP contribution is -2.55. The van der Waals surface area contributed by atoms with Gasteiger partial charge in [0.25, 0.3) is 0 Å². The van der Waals surface area contributed by atoms with Crippen molar-refractivity contribution in [2.45, 2.75) is 76.3 Å². The molecule has 0 aromatic carbocycles. The first-order valence-electron chi connectivity index (χ1n) is 8.35. The largest absolute Gasteiger partial charge is 0.351 e. The molecule has 20 heavy (non-hydrogen) atoms. The van der Waals surface area contributed by atoms with E-state index < -0.39 is 0 Å². The highest BCUT2D eigenvalue weighted by Gasteiger charge is 2.34. The molecule has 4 heteroatoms. The molecule has 0 aliphatic heterocycles. The predicted molar refractivity (Wildman–Crippen MR) is 77.0 cm³/mol. The van der Waals surface area contributed by atoms with Crippen LogP contribution in [-0.2, 0) is 9.59 Å². The van der Waals surface area contributed by atoms with Crippen molar-refractivity contribution < 1.29 is 9.59 Å². The third kappa shape index (κ3) is 2.99. The molecule has 0 aromatic heterocycles. The van der Waals surface area contributed by atoms with Gasteiger partial charge in [0.1, 0.15) is 0 Å². The van der Waals surface area contributed by atoms with Crippen molar-refractivity contribution in [3.8, 4) is 0 Å². The molecule has 0 heterocycles. The minimum absolute atomic E-state index is 0.154. The van der Waals surface area contributed by atoms with Crippen molar-refractivity contribution in [1.82, 2.24) is 10.6 Å². The molecular weight excluding hydrogens is 252 g/mol. The van der Waals surface area contributed by atoms with Gasteiger partial charge < -0.3 is 10.6 Å². The molecular formula is C16H26N2O2. The first kappa shape index (κ1) is 13.9. The second-order valence-electron chi connectivity index (χ2n) is 6.77. The lowest BCUT2D eigenvalue weighted by molar-refractivity contribution is -0.131. The van der Waals surface area contributed by atoms with Crippen molar-refractivity contribution in [2.75, 3.05) is 0 Å². The number of carbonyl (C=O) groups excluding carboxylic acids is 2. The van der Waals surface area contributed by atoms with E-state index in [1.165, 1.54) is 12.8 Å². The fraction of sp³-hybridized carbons (Fsp3) is 0.875. The molecule has 4 nitrogen and oxygen atoms in total. The average Bonchev–Trinajstić information content (AvgIpc) is 2.26. The van der Waals surface area contributed by atoms with Crippen LogP contribution in [0.5, 0.6) is 0 Å². The summed E-state index contributed by atoms with van der Waals surface area (Å²) in [6, 6.07) is 0.307. The summed E-state index contributed by atoms with van der Waals surface area (Å²) in [7, 11) is 0. The molecule has 3 saturated carbocycles. The second kappa shape index (κ2) is 6.15. The highest BCUT2D eigenvalue weighted by molar-refractivity contribution is 5.81. The van der Waals surface area contributed by atoms with Crippen LogP contribution in [0.4, 0.5) is 0 Å². The maximum absolute atomic E-state index is 12.1. The van der Waals surface area contributed by atoms with Crippen molar-refractivity contribution in [2.24, 2.45) is 11.8 Å². The van der Waals surface area contributed by atoms with Gasteiger partial charge in [-0.2, -0.15) is 0 Å². The van der Waals surface area contributed by atoms with Crippen LogP contribution in [0.1, 0.15) is 64.2 Å². The predicted octanol–water partition coefficient (Wildman–Crippen LogP) is 2.13. The van der Waals surface area contributed by atoms with Crippen molar-refractivity contribution in [3.63, 3.8) is 0 Å². The Labute approximate surface area is 121 Å². The van der Waals surface area contributed by atoms with Crippen LogP contribution in [0.2, 0.25) is 0 Å². The summed E-state index contributed by atoms with van der Waals surface area (Å²) in [5.41, 5.74) is 0. The highest BCUT2D eigenvalue weighted by Crippen LogP contribution is 2.29. The van der Waals surface area contributed by atoms with Crippen LogP contribution in [0.15, 0.2) is 0 Å². The van der Waals surface area contributed by atoms with Gasteiger partial charge in [0.05, 0.1) is 0 Å². The average molecular weight is 278 g/mol. The van der Waals surface area contributed by atoms with E-state index in [0.717, 1.165) is 51.4 Å². The molecule has 3 fully saturated rings. The van der Waals surface area contributed by atoms with E-state index in [4.69, 9.17) is 0 Å². The van der Waals surface area contributed by atoms with E-state index in [1.54, 1.807) is 0 Å². The molecule has 2 amide bonds. The zero-order valence-electron chi connectivity index (χ0n) is 12.2. The lowest BCUT2D eigenvalue weighted by Gasteiger charge is -2.36. The zero-order valence-corrected chi connectivity index (χ0v) is 12.2. The Hall–Kier alpha value is -1.06. The molecule has 2 unspecified atom stereocenters. The first-order chi connectivity index (χ1) is 9.74. The fourth-order valence-electron chi connectivity index (χ4n) is 3.42. The molecule has 3 rings (SSSR count). The molecule has 0 aromatic rings. The van der Waals surface area contributed by atoms with Crippen LogP contribution in [0.3, 0.4) is 0 Å². The van der Waals surface area contributed by atoms with Gasteiger partial charge in [-0.15, -0.1) is 0 Å². The molecule has 0 spiro atoms. The standard InChI is InChI=1S/C16H26N2O2/c19-15(11-5-3-6-11)17-13-9-1-2-10-14(13)18-16(20)12-7-4-8-12/h11-14H,1-10H2,(H,17,19)(H,18,20). The topological polar surface area (TPSA) is 58.2 Å². The molecule has 3 aliphatic rings. The van der Waals surface area contributed by atoms with Gasteiger partial charge in [0.15, 0.2) is 0 Å². The number of hydrogen-bond donors (Lipinski definition) is 2. The van der Waals surface area contributed by atoms with Crippen LogP contribution in [0, 0.1) is 11.8 Å². The Morgan fingerprint density at radius 3 is 1.30 bits per heavy atom. The van der Waals surface area contributed by atoms with E-state index in [2.05, 4.69) is 10.6 Å². The van der Waals surface area contributed by atoms with Crippen molar-refractivity contribution in [3.05, 3.63) is 0 Å². The molecule has 3 aliphatic carbocycles. The van der Waals surface area contributed by atoms with E-state index in [9.17, 15) is 9.59 Å². The number of amides is 2. The number of hydrogen-bond acceptors (Lipinski definition) is 2. The lowest BCUT2D eigenvalue weighted by atomic mass is 9.82. The maximum Gasteiger partial charge on any atom is 0.223 e. The van der Waals surface area contributed by atoms with Crippen molar-refractivity contribution >= 4 is 11.8 Å². The monoisotopic (exact) mass is 278 g/mol. The normalized spacial score (nSPS) is 31.0. The molecule has 0 saturated heterocycles. The van der Waals surface area contributed by atoms with Crippen LogP contribution >= 0.6 is 0 Å². The number of rotatable bonds is 4. The summed E-state index contributed by atoms with van der Waals surface area (Å²) in [6.07, 6.45) is 10.9. The SMILES string of the molecule is O=C(NC1CCCCC1NC(=O)C1CCC1)C1CCC1. The quantitative estimate of drug-likeness (QED) is 0.827. The summed E-state index contributed by atoms with van der Waals surface area (Å²) >= 11 is 0. The third-order valence-electron chi connectivity index (χ3n) is 5.37. The molecule has 2 N–H and O–H groups in total. The van der Waals surface area contributed by atoms with Crippen molar-refractivity contribution in [1.29, 1.82) is 0 Å². The summed E-state index contributed by atoms with van der Waals surface area (Å²) in [6.45, 7) is 0. The van der Waals surface area contributed by atoms with E-state index in [0.29, 0.717) is 0 Å². The van der Waals surface area contributed by atoms with Crippen LogP contribution < -0.4 is 10.6 Å². The highest BCUT2D eigenvalue weighted by atomic mass is 16.2. The number of carbonyl (C=O) groups is 2. The molecule has 2 atom stereocenters. The van der Waals surface area contributed by atoms with Gasteiger partial charge in [0, 0.05) is 23.9 Å². The number of nitrogens with one attached hydrogen (secondary N) is 2. The van der Waals surface area contributed by atoms with Crippen LogP contribution in [-0.4, -0.2) is 23.9 Å². The Morgan fingerprint density at radius 2 is 1.00 bits per heavy atom. The fourth-order valence-corrected chi connectivity index (χ4v) is 3.42. The van der Waals surface area contributed by atoms with Gasteiger partial charge >= 0.3 is 0 Å². The molecule has 0 bridgehead atoms. The van der Waals surface area contributed by atoms with E-state index in [-0.39, 0.29) is 35.7 Å². The summed E-state index contributed by atoms with van der Waals surface area (Å²) < 4.78 is 0. The Bertz CT molecular complexity index is 339. The van der Waals surface area contributed by atoms with Crippen LogP contribution in [0.25, 0.3) is 0 Å². The minimum atomic E-state index is 0.154. The summed E-state index contributed by atoms with van der Waals surface area (Å²) in [4.78, 5) is 24.2. The van der Waals surface area contributed by atoms with E-state index >= 15 is 0 Å². The van der Waals surface area contributed by atoms with Gasteiger partial charge in [0.2, 0.25) is 11.8 Å². The smallest absolute Gasteiger partial charge is 0.223 e. The zero-order chi connectivity index (χ0) is 13.9. The maximum atomic E-state index is 12.1. The van der Waals surface area contributed by atoms with Gasteiger partial charge in [-0.1, -0.05) is 25.7 Å². The summed E-state index contributed by atoms with van der Waals surface area (Å²) in [5, 5.41) is 6.40. The third-order valence-corrected chi connectivity index (χ3v) is 5.37. The molecule has 112 valence electrons. The Kier molecular flexibility index (Phi) is 4.27. The second-order valence-corrected chi connectivity index (χ2v) is 6.77. The van der Waals surface area contributed by atoms with Gasteiger partial charge in [-0.3, -0.25) is 9.59 Å². The Balaban J connectivity index is 1.52. The minimum Gasteiger partial charge on any atom is -0.351 e.